The molecule has 0 amide bonds. The summed E-state index contributed by atoms with van der Waals surface area (Å²) >= 11 is 0. The van der Waals surface area contributed by atoms with Crippen LogP contribution in [0.2, 0.25) is 0 Å². The zero-order valence-electron chi connectivity index (χ0n) is 14.4. The lowest BCUT2D eigenvalue weighted by atomic mass is 9.84. The molecule has 0 saturated heterocycles. The van der Waals surface area contributed by atoms with E-state index in [9.17, 15) is 8.42 Å². The maximum Gasteiger partial charge on any atom is 0.294 e. The number of hydrogen-bond donors (Lipinski definition) is 1. The lowest BCUT2D eigenvalue weighted by molar-refractivity contribution is 0.333. The van der Waals surface area contributed by atoms with Gasteiger partial charge in [-0.05, 0) is 60.6 Å². The van der Waals surface area contributed by atoms with Gasteiger partial charge in [-0.15, -0.1) is 0 Å². The summed E-state index contributed by atoms with van der Waals surface area (Å²) in [6, 6.07) is 6.65. The average molecular weight is 327 g/mol. The Hall–Kier alpha value is -0.870. The standard InChI is InChI=1S/C18H30O3S/c1-13(2)9-14(3)10-15(4)11-16(5)17-7-6-8-18(12-17)22(19,20)21/h6-8,12-16H,9-11H2,1-5H3,(H,19,20,21). The summed E-state index contributed by atoms with van der Waals surface area (Å²) in [5, 5.41) is 0. The molecular weight excluding hydrogens is 296 g/mol. The number of benzene rings is 1. The fourth-order valence-electron chi connectivity index (χ4n) is 3.41. The van der Waals surface area contributed by atoms with Crippen molar-refractivity contribution in [3.05, 3.63) is 29.8 Å². The summed E-state index contributed by atoms with van der Waals surface area (Å²) in [5.41, 5.74) is 0.971. The van der Waals surface area contributed by atoms with Crippen LogP contribution in [0.25, 0.3) is 0 Å². The quantitative estimate of drug-likeness (QED) is 0.673. The number of rotatable bonds is 8. The molecular formula is C18H30O3S. The van der Waals surface area contributed by atoms with E-state index in [1.165, 1.54) is 18.9 Å². The molecule has 1 aromatic carbocycles. The molecule has 0 fully saturated rings. The van der Waals surface area contributed by atoms with Gasteiger partial charge in [-0.3, -0.25) is 4.55 Å². The zero-order valence-corrected chi connectivity index (χ0v) is 15.2. The molecule has 4 heteroatoms. The Morgan fingerprint density at radius 3 is 2.09 bits per heavy atom. The molecule has 1 N–H and O–H groups in total. The summed E-state index contributed by atoms with van der Waals surface area (Å²) in [6.45, 7) is 11.2. The smallest absolute Gasteiger partial charge is 0.282 e. The van der Waals surface area contributed by atoms with E-state index in [2.05, 4.69) is 34.6 Å². The Balaban J connectivity index is 2.67. The Bertz CT molecular complexity index is 563. The third-order valence-corrected chi connectivity index (χ3v) is 5.01. The lowest BCUT2D eigenvalue weighted by Gasteiger charge is -2.22. The molecule has 3 nitrogen and oxygen atoms in total. The second-order valence-corrected chi connectivity index (χ2v) is 8.68. The molecule has 0 saturated carbocycles. The van der Waals surface area contributed by atoms with Gasteiger partial charge in [0.15, 0.2) is 0 Å². The van der Waals surface area contributed by atoms with Crippen LogP contribution in [0, 0.1) is 17.8 Å². The van der Waals surface area contributed by atoms with E-state index in [0.717, 1.165) is 17.9 Å². The highest BCUT2D eigenvalue weighted by molar-refractivity contribution is 7.85. The van der Waals surface area contributed by atoms with Crippen LogP contribution in [0.4, 0.5) is 0 Å². The van der Waals surface area contributed by atoms with Gasteiger partial charge < -0.3 is 0 Å². The van der Waals surface area contributed by atoms with Crippen LogP contribution in [0.5, 0.6) is 0 Å². The van der Waals surface area contributed by atoms with Crippen molar-refractivity contribution < 1.29 is 13.0 Å². The molecule has 1 rings (SSSR count). The normalized spacial score (nSPS) is 16.5. The van der Waals surface area contributed by atoms with E-state index < -0.39 is 10.1 Å². The Morgan fingerprint density at radius 1 is 0.955 bits per heavy atom. The van der Waals surface area contributed by atoms with Crippen molar-refractivity contribution in [1.29, 1.82) is 0 Å². The first-order valence-electron chi connectivity index (χ1n) is 8.17. The van der Waals surface area contributed by atoms with Crippen LogP contribution in [0.3, 0.4) is 0 Å². The van der Waals surface area contributed by atoms with E-state index in [-0.39, 0.29) is 10.8 Å². The second-order valence-electron chi connectivity index (χ2n) is 7.26. The highest BCUT2D eigenvalue weighted by atomic mass is 32.2. The lowest BCUT2D eigenvalue weighted by Crippen LogP contribution is -2.09. The third-order valence-electron chi connectivity index (χ3n) is 4.16. The summed E-state index contributed by atoms with van der Waals surface area (Å²) in [4.78, 5) is -0.0160. The van der Waals surface area contributed by atoms with Gasteiger partial charge >= 0.3 is 0 Å². The van der Waals surface area contributed by atoms with Crippen molar-refractivity contribution >= 4 is 10.1 Å². The molecule has 0 aliphatic heterocycles. The fraction of sp³-hybridized carbons (Fsp3) is 0.667. The molecule has 0 heterocycles. The molecule has 0 bridgehead atoms. The molecule has 0 aliphatic carbocycles. The van der Waals surface area contributed by atoms with Crippen LogP contribution in [-0.2, 0) is 10.1 Å². The Kier molecular flexibility index (Phi) is 7.07. The van der Waals surface area contributed by atoms with Gasteiger partial charge in [0.05, 0.1) is 4.90 Å². The van der Waals surface area contributed by atoms with Crippen molar-refractivity contribution in [3.8, 4) is 0 Å². The largest absolute Gasteiger partial charge is 0.294 e. The van der Waals surface area contributed by atoms with Gasteiger partial charge in [0.25, 0.3) is 10.1 Å². The van der Waals surface area contributed by atoms with E-state index in [1.807, 2.05) is 6.07 Å². The van der Waals surface area contributed by atoms with Gasteiger partial charge in [-0.2, -0.15) is 8.42 Å². The highest BCUT2D eigenvalue weighted by Gasteiger charge is 2.16. The predicted octanol–water partition coefficient (Wildman–Crippen LogP) is 5.14. The molecule has 126 valence electrons. The van der Waals surface area contributed by atoms with Crippen molar-refractivity contribution in [2.75, 3.05) is 0 Å². The topological polar surface area (TPSA) is 54.4 Å². The first kappa shape index (κ1) is 19.2. The third kappa shape index (κ3) is 6.49. The van der Waals surface area contributed by atoms with E-state index in [4.69, 9.17) is 4.55 Å². The molecule has 0 aliphatic rings. The first-order chi connectivity index (χ1) is 10.1. The highest BCUT2D eigenvalue weighted by Crippen LogP contribution is 2.29. The Labute approximate surface area is 135 Å². The van der Waals surface area contributed by atoms with Crippen LogP contribution >= 0.6 is 0 Å². The fourth-order valence-corrected chi connectivity index (χ4v) is 3.94. The molecule has 1 aromatic rings. The second kappa shape index (κ2) is 8.11. The van der Waals surface area contributed by atoms with Gasteiger partial charge in [-0.1, -0.05) is 46.8 Å². The molecule has 3 atom stereocenters. The summed E-state index contributed by atoms with van der Waals surface area (Å²) < 4.78 is 31.6. The minimum atomic E-state index is -4.12. The van der Waals surface area contributed by atoms with Crippen LogP contribution in [0.15, 0.2) is 29.2 Å². The minimum absolute atomic E-state index is 0.0160. The summed E-state index contributed by atoms with van der Waals surface area (Å²) in [7, 11) is -4.12. The maximum absolute atomic E-state index is 11.2. The van der Waals surface area contributed by atoms with Crippen LogP contribution in [0.1, 0.15) is 65.4 Å². The van der Waals surface area contributed by atoms with Crippen LogP contribution in [-0.4, -0.2) is 13.0 Å². The Morgan fingerprint density at radius 2 is 1.55 bits per heavy atom. The monoisotopic (exact) mass is 326 g/mol. The molecule has 0 radical (unpaired) electrons. The SMILES string of the molecule is CC(C)CC(C)CC(C)CC(C)c1cccc(S(=O)(=O)O)c1. The molecule has 22 heavy (non-hydrogen) atoms. The summed E-state index contributed by atoms with van der Waals surface area (Å²) in [5.74, 6) is 2.32. The molecule has 0 aromatic heterocycles. The van der Waals surface area contributed by atoms with Crippen LogP contribution < -0.4 is 0 Å². The van der Waals surface area contributed by atoms with Crippen molar-refractivity contribution in [3.63, 3.8) is 0 Å². The first-order valence-corrected chi connectivity index (χ1v) is 9.61. The van der Waals surface area contributed by atoms with Gasteiger partial charge in [0.1, 0.15) is 0 Å². The van der Waals surface area contributed by atoms with E-state index in [1.54, 1.807) is 12.1 Å². The maximum atomic E-state index is 11.2. The van der Waals surface area contributed by atoms with Gasteiger partial charge in [0.2, 0.25) is 0 Å². The molecule has 0 spiro atoms. The van der Waals surface area contributed by atoms with Crippen molar-refractivity contribution in [2.24, 2.45) is 17.8 Å². The van der Waals surface area contributed by atoms with Gasteiger partial charge in [-0.25, -0.2) is 0 Å². The summed E-state index contributed by atoms with van der Waals surface area (Å²) in [6.07, 6.45) is 3.47. The van der Waals surface area contributed by atoms with E-state index >= 15 is 0 Å². The molecule has 3 unspecified atom stereocenters. The van der Waals surface area contributed by atoms with Gasteiger partial charge in [0, 0.05) is 0 Å². The van der Waals surface area contributed by atoms with Crippen molar-refractivity contribution in [2.45, 2.75) is 64.7 Å². The minimum Gasteiger partial charge on any atom is -0.282 e. The predicted molar refractivity (Wildman–Crippen MR) is 91.7 cm³/mol. The van der Waals surface area contributed by atoms with E-state index in [0.29, 0.717) is 11.8 Å². The van der Waals surface area contributed by atoms with Crippen molar-refractivity contribution in [1.82, 2.24) is 0 Å². The zero-order chi connectivity index (χ0) is 16.9. The number of hydrogen-bond acceptors (Lipinski definition) is 2. The average Bonchev–Trinajstić information content (AvgIpc) is 2.36.